The minimum atomic E-state index is -0.0691. The number of furan rings is 1. The van der Waals surface area contributed by atoms with Crippen LogP contribution in [0.3, 0.4) is 0 Å². The normalized spacial score (nSPS) is 19.4. The van der Waals surface area contributed by atoms with E-state index in [0.717, 1.165) is 18.7 Å². The zero-order valence-corrected chi connectivity index (χ0v) is 11.6. The average molecular weight is 266 g/mol. The van der Waals surface area contributed by atoms with Crippen LogP contribution in [0.15, 0.2) is 16.5 Å². The van der Waals surface area contributed by atoms with Crippen molar-refractivity contribution < 1.29 is 14.3 Å². The maximum Gasteiger partial charge on any atom is 0.220 e. The monoisotopic (exact) mass is 266 g/mol. The second-order valence-corrected chi connectivity index (χ2v) is 5.35. The van der Waals surface area contributed by atoms with Gasteiger partial charge in [-0.2, -0.15) is 0 Å². The van der Waals surface area contributed by atoms with Gasteiger partial charge in [0.05, 0.1) is 6.54 Å². The van der Waals surface area contributed by atoms with Gasteiger partial charge in [-0.15, -0.1) is 0 Å². The Morgan fingerprint density at radius 1 is 1.47 bits per heavy atom. The van der Waals surface area contributed by atoms with Gasteiger partial charge in [0.15, 0.2) is 0 Å². The molecule has 5 nitrogen and oxygen atoms in total. The number of hydrogen-bond acceptors (Lipinski definition) is 4. The summed E-state index contributed by atoms with van der Waals surface area (Å²) < 4.78 is 5.52. The van der Waals surface area contributed by atoms with Crippen molar-refractivity contribution in [2.24, 2.45) is 0 Å². The fourth-order valence-corrected chi connectivity index (χ4v) is 2.35. The van der Waals surface area contributed by atoms with E-state index in [4.69, 9.17) is 9.52 Å². The molecule has 1 aliphatic heterocycles. The summed E-state index contributed by atoms with van der Waals surface area (Å²) in [6.45, 7) is 5.72. The van der Waals surface area contributed by atoms with Crippen LogP contribution in [0.4, 0.5) is 0 Å². The van der Waals surface area contributed by atoms with Crippen LogP contribution in [0.5, 0.6) is 0 Å². The lowest BCUT2D eigenvalue weighted by Crippen LogP contribution is -2.41. The summed E-state index contributed by atoms with van der Waals surface area (Å²) >= 11 is 0. The van der Waals surface area contributed by atoms with Crippen LogP contribution in [-0.4, -0.2) is 34.5 Å². The summed E-state index contributed by atoms with van der Waals surface area (Å²) in [5.74, 6) is 1.59. The van der Waals surface area contributed by atoms with E-state index in [-0.39, 0.29) is 18.6 Å². The molecule has 0 saturated carbocycles. The Labute approximate surface area is 113 Å². The molecular weight excluding hydrogens is 244 g/mol. The minimum Gasteiger partial charge on any atom is -0.462 e. The van der Waals surface area contributed by atoms with Crippen LogP contribution in [0.25, 0.3) is 0 Å². The van der Waals surface area contributed by atoms with Crippen molar-refractivity contribution in [2.45, 2.75) is 51.9 Å². The molecule has 0 aliphatic carbocycles. The van der Waals surface area contributed by atoms with Crippen molar-refractivity contribution in [3.63, 3.8) is 0 Å². The number of aliphatic hydroxyl groups is 1. The van der Waals surface area contributed by atoms with Gasteiger partial charge >= 0.3 is 0 Å². The molecule has 1 aromatic rings. The number of aliphatic hydroxyl groups excluding tert-OH is 1. The molecule has 1 amide bonds. The van der Waals surface area contributed by atoms with E-state index in [0.29, 0.717) is 24.8 Å². The van der Waals surface area contributed by atoms with Crippen LogP contribution >= 0.6 is 0 Å². The van der Waals surface area contributed by atoms with E-state index in [1.54, 1.807) is 6.07 Å². The molecular formula is C14H22N2O3. The first-order chi connectivity index (χ1) is 9.08. The van der Waals surface area contributed by atoms with Crippen LogP contribution in [0.1, 0.15) is 38.2 Å². The summed E-state index contributed by atoms with van der Waals surface area (Å²) in [6.07, 6.45) is 1.54. The topological polar surface area (TPSA) is 65.7 Å². The second kappa shape index (κ2) is 6.21. The third kappa shape index (κ3) is 3.81. The molecule has 0 bridgehead atoms. The lowest BCUT2D eigenvalue weighted by Gasteiger charge is -2.28. The van der Waals surface area contributed by atoms with Gasteiger partial charge in [0, 0.05) is 25.0 Å². The van der Waals surface area contributed by atoms with Crippen LogP contribution < -0.4 is 5.32 Å². The first-order valence-electron chi connectivity index (χ1n) is 6.80. The van der Waals surface area contributed by atoms with Gasteiger partial charge in [0.25, 0.3) is 0 Å². The first kappa shape index (κ1) is 14.1. The van der Waals surface area contributed by atoms with Crippen LogP contribution in [-0.2, 0) is 17.9 Å². The van der Waals surface area contributed by atoms with Crippen molar-refractivity contribution in [3.05, 3.63) is 23.7 Å². The van der Waals surface area contributed by atoms with Crippen molar-refractivity contribution >= 4 is 5.91 Å². The summed E-state index contributed by atoms with van der Waals surface area (Å²) in [7, 11) is 0. The summed E-state index contributed by atoms with van der Waals surface area (Å²) in [6, 6.07) is 4.31. The van der Waals surface area contributed by atoms with E-state index < -0.39 is 0 Å². The number of nitrogens with zero attached hydrogens (tertiary/aromatic N) is 1. The molecule has 0 radical (unpaired) electrons. The lowest BCUT2D eigenvalue weighted by molar-refractivity contribution is -0.119. The fraction of sp³-hybridized carbons (Fsp3) is 0.643. The van der Waals surface area contributed by atoms with Crippen LogP contribution in [0, 0.1) is 0 Å². The van der Waals surface area contributed by atoms with Crippen molar-refractivity contribution in [1.29, 1.82) is 0 Å². The third-order valence-electron chi connectivity index (χ3n) is 3.50. The second-order valence-electron chi connectivity index (χ2n) is 5.35. The number of hydrogen-bond donors (Lipinski definition) is 2. The molecule has 19 heavy (non-hydrogen) atoms. The Bertz CT molecular complexity index is 428. The van der Waals surface area contributed by atoms with E-state index >= 15 is 0 Å². The van der Waals surface area contributed by atoms with E-state index in [9.17, 15) is 4.79 Å². The van der Waals surface area contributed by atoms with E-state index in [1.807, 2.05) is 6.07 Å². The van der Waals surface area contributed by atoms with Gasteiger partial charge in [-0.3, -0.25) is 9.69 Å². The highest BCUT2D eigenvalue weighted by atomic mass is 16.4. The number of rotatable bonds is 6. The molecule has 1 saturated heterocycles. The predicted octanol–water partition coefficient (Wildman–Crippen LogP) is 1.26. The van der Waals surface area contributed by atoms with Crippen molar-refractivity contribution in [3.8, 4) is 0 Å². The number of carbonyl (C=O) groups excluding carboxylic acids is 1. The highest BCUT2D eigenvalue weighted by molar-refractivity contribution is 5.78. The Morgan fingerprint density at radius 2 is 2.21 bits per heavy atom. The largest absolute Gasteiger partial charge is 0.462 e. The molecule has 2 rings (SSSR count). The van der Waals surface area contributed by atoms with Gasteiger partial charge in [0.2, 0.25) is 5.91 Å². The first-order valence-corrected chi connectivity index (χ1v) is 6.80. The molecule has 0 aromatic carbocycles. The molecule has 0 spiro atoms. The number of carbonyl (C=O) groups is 1. The van der Waals surface area contributed by atoms with E-state index in [2.05, 4.69) is 24.1 Å². The summed E-state index contributed by atoms with van der Waals surface area (Å²) in [5.41, 5.74) is 0. The van der Waals surface area contributed by atoms with E-state index in [1.165, 1.54) is 0 Å². The molecule has 1 fully saturated rings. The Kier molecular flexibility index (Phi) is 4.61. The zero-order valence-electron chi connectivity index (χ0n) is 11.6. The fourth-order valence-electron chi connectivity index (χ4n) is 2.35. The molecule has 2 N–H and O–H groups in total. The van der Waals surface area contributed by atoms with Gasteiger partial charge in [0.1, 0.15) is 18.1 Å². The smallest absolute Gasteiger partial charge is 0.220 e. The van der Waals surface area contributed by atoms with Gasteiger partial charge in [-0.05, 0) is 32.4 Å². The maximum atomic E-state index is 11.2. The lowest BCUT2D eigenvalue weighted by atomic mass is 10.2. The maximum absolute atomic E-state index is 11.2. The molecule has 1 atom stereocenters. The van der Waals surface area contributed by atoms with Gasteiger partial charge < -0.3 is 14.8 Å². The van der Waals surface area contributed by atoms with Crippen molar-refractivity contribution in [2.75, 3.05) is 6.54 Å². The van der Waals surface area contributed by atoms with Gasteiger partial charge in [-0.1, -0.05) is 0 Å². The molecule has 5 heteroatoms. The summed E-state index contributed by atoms with van der Waals surface area (Å²) in [5, 5.41) is 12.0. The molecule has 2 heterocycles. The predicted molar refractivity (Wildman–Crippen MR) is 71.3 cm³/mol. The average Bonchev–Trinajstić information content (AvgIpc) is 2.97. The van der Waals surface area contributed by atoms with Crippen LogP contribution in [0.2, 0.25) is 0 Å². The number of amides is 1. The molecule has 1 aromatic heterocycles. The number of nitrogens with one attached hydrogen (secondary N) is 1. The Morgan fingerprint density at radius 3 is 2.74 bits per heavy atom. The zero-order chi connectivity index (χ0) is 13.8. The summed E-state index contributed by atoms with van der Waals surface area (Å²) in [4.78, 5) is 13.5. The van der Waals surface area contributed by atoms with Gasteiger partial charge in [-0.25, -0.2) is 0 Å². The third-order valence-corrected chi connectivity index (χ3v) is 3.50. The Balaban J connectivity index is 1.94. The molecule has 0 unspecified atom stereocenters. The Hall–Kier alpha value is -1.33. The molecule has 1 aliphatic rings. The molecule has 106 valence electrons. The van der Waals surface area contributed by atoms with Crippen molar-refractivity contribution in [1.82, 2.24) is 10.2 Å². The quantitative estimate of drug-likeness (QED) is 0.813. The SMILES string of the molecule is CC(C)N(Cc1ccc(CO)o1)C[C@H]1CCC(=O)N1. The highest BCUT2D eigenvalue weighted by Gasteiger charge is 2.24. The minimum absolute atomic E-state index is 0.0691. The highest BCUT2D eigenvalue weighted by Crippen LogP contribution is 2.15. The standard InChI is InChI=1S/C14H22N2O3/c1-10(2)16(7-11-3-6-14(18)15-11)8-12-4-5-13(9-17)19-12/h4-5,10-11,17H,3,6-9H2,1-2H3,(H,15,18)/t11-/m1/s1.